The molecule has 0 bridgehead atoms. The molecule has 2 N–H and O–H groups in total. The summed E-state index contributed by atoms with van der Waals surface area (Å²) in [4.78, 5) is 18.1. The number of hydrogen-bond acceptors (Lipinski definition) is 3. The molecule has 24 heavy (non-hydrogen) atoms. The molecule has 0 spiro atoms. The van der Waals surface area contributed by atoms with Gasteiger partial charge in [-0.25, -0.2) is 9.78 Å². The van der Waals surface area contributed by atoms with Crippen LogP contribution in [0.1, 0.15) is 24.0 Å². The normalized spacial score (nSPS) is 17.7. The summed E-state index contributed by atoms with van der Waals surface area (Å²) in [6, 6.07) is 8.16. The van der Waals surface area contributed by atoms with Crippen molar-refractivity contribution in [1.29, 1.82) is 0 Å². The lowest BCUT2D eigenvalue weighted by molar-refractivity contribution is 0.129. The number of amides is 2. The molecule has 1 aromatic carbocycles. The third kappa shape index (κ3) is 4.35. The molecular formula is C18H24N4O2. The number of carbonyl (C=O) groups is 1. The van der Waals surface area contributed by atoms with Crippen LogP contribution in [0.2, 0.25) is 0 Å². The first kappa shape index (κ1) is 16.5. The van der Waals surface area contributed by atoms with Crippen molar-refractivity contribution in [2.24, 2.45) is 5.92 Å². The maximum Gasteiger partial charge on any atom is 0.317 e. The lowest BCUT2D eigenvalue weighted by Crippen LogP contribution is -2.45. The van der Waals surface area contributed by atoms with Crippen LogP contribution in [0.25, 0.3) is 0 Å². The monoisotopic (exact) mass is 328 g/mol. The first-order chi connectivity index (χ1) is 11.7. The van der Waals surface area contributed by atoms with E-state index in [1.807, 2.05) is 22.9 Å². The van der Waals surface area contributed by atoms with Crippen molar-refractivity contribution in [2.75, 3.05) is 19.7 Å². The van der Waals surface area contributed by atoms with Gasteiger partial charge in [-0.15, -0.1) is 0 Å². The highest BCUT2D eigenvalue weighted by molar-refractivity contribution is 5.74. The average molecular weight is 328 g/mol. The zero-order valence-electron chi connectivity index (χ0n) is 13.8. The molecule has 128 valence electrons. The Morgan fingerprint density at radius 2 is 2.25 bits per heavy atom. The largest absolute Gasteiger partial charge is 0.396 e. The number of imidazole rings is 1. The van der Waals surface area contributed by atoms with E-state index in [4.69, 9.17) is 0 Å². The fourth-order valence-corrected chi connectivity index (χ4v) is 3.12. The van der Waals surface area contributed by atoms with E-state index in [1.165, 1.54) is 5.56 Å². The van der Waals surface area contributed by atoms with Crippen LogP contribution in [-0.2, 0) is 13.1 Å². The zero-order chi connectivity index (χ0) is 16.8. The van der Waals surface area contributed by atoms with E-state index in [0.717, 1.165) is 31.5 Å². The van der Waals surface area contributed by atoms with E-state index in [9.17, 15) is 9.90 Å². The number of hydrogen-bond donors (Lipinski definition) is 2. The summed E-state index contributed by atoms with van der Waals surface area (Å²) < 4.78 is 2.01. The summed E-state index contributed by atoms with van der Waals surface area (Å²) in [5, 5.41) is 12.3. The first-order valence-corrected chi connectivity index (χ1v) is 8.42. The number of piperidine rings is 1. The molecule has 3 rings (SSSR count). The molecule has 0 saturated carbocycles. The summed E-state index contributed by atoms with van der Waals surface area (Å²) in [5.41, 5.74) is 2.26. The van der Waals surface area contributed by atoms with Gasteiger partial charge < -0.3 is 19.9 Å². The molecule has 1 fully saturated rings. The fourth-order valence-electron chi connectivity index (χ4n) is 3.12. The minimum Gasteiger partial charge on any atom is -0.396 e. The predicted octanol–water partition coefficient (Wildman–Crippen LogP) is 1.85. The van der Waals surface area contributed by atoms with Gasteiger partial charge in [0.05, 0.1) is 6.33 Å². The van der Waals surface area contributed by atoms with Gasteiger partial charge in [0.2, 0.25) is 0 Å². The molecule has 0 aliphatic carbocycles. The standard InChI is InChI=1S/C18H24N4O2/c23-13-17-5-2-7-22(12-17)18(24)20-10-15-3-1-4-16(9-15)11-21-8-6-19-14-21/h1,3-4,6,8-9,14,17,23H,2,5,7,10-13H2,(H,20,24). The molecule has 1 aliphatic heterocycles. The van der Waals surface area contributed by atoms with Crippen molar-refractivity contribution < 1.29 is 9.90 Å². The third-order valence-electron chi connectivity index (χ3n) is 4.42. The maximum absolute atomic E-state index is 12.3. The summed E-state index contributed by atoms with van der Waals surface area (Å²) in [6.45, 7) is 2.84. The molecule has 1 aromatic heterocycles. The molecule has 0 radical (unpaired) electrons. The van der Waals surface area contributed by atoms with Gasteiger partial charge in [-0.2, -0.15) is 0 Å². The SMILES string of the molecule is O=C(NCc1cccc(Cn2ccnc2)c1)N1CCCC(CO)C1. The first-order valence-electron chi connectivity index (χ1n) is 8.42. The molecule has 1 unspecified atom stereocenters. The third-order valence-corrected chi connectivity index (χ3v) is 4.42. The van der Waals surface area contributed by atoms with Crippen LogP contribution in [0.4, 0.5) is 4.79 Å². The summed E-state index contributed by atoms with van der Waals surface area (Å²) in [7, 11) is 0. The average Bonchev–Trinajstić information content (AvgIpc) is 3.13. The van der Waals surface area contributed by atoms with Crippen molar-refractivity contribution in [1.82, 2.24) is 19.8 Å². The lowest BCUT2D eigenvalue weighted by Gasteiger charge is -2.31. The van der Waals surface area contributed by atoms with Crippen LogP contribution in [0, 0.1) is 5.92 Å². The second-order valence-electron chi connectivity index (χ2n) is 6.35. The number of carbonyl (C=O) groups excluding carboxylic acids is 1. The number of nitrogens with zero attached hydrogens (tertiary/aromatic N) is 3. The second-order valence-corrected chi connectivity index (χ2v) is 6.35. The maximum atomic E-state index is 12.3. The Bertz CT molecular complexity index is 657. The molecule has 2 aromatic rings. The number of nitrogens with one attached hydrogen (secondary N) is 1. The molecule has 1 aliphatic rings. The summed E-state index contributed by atoms with van der Waals surface area (Å²) in [6.07, 6.45) is 7.45. The number of likely N-dealkylation sites (tertiary alicyclic amines) is 1. The molecule has 1 atom stereocenters. The van der Waals surface area contributed by atoms with Gasteiger partial charge in [-0.3, -0.25) is 0 Å². The van der Waals surface area contributed by atoms with Crippen molar-refractivity contribution in [3.8, 4) is 0 Å². The van der Waals surface area contributed by atoms with Gasteiger partial charge in [-0.1, -0.05) is 24.3 Å². The topological polar surface area (TPSA) is 70.4 Å². The lowest BCUT2D eigenvalue weighted by atomic mass is 9.99. The van der Waals surface area contributed by atoms with E-state index in [0.29, 0.717) is 13.1 Å². The van der Waals surface area contributed by atoms with Crippen molar-refractivity contribution in [3.05, 3.63) is 54.1 Å². The Morgan fingerprint density at radius 1 is 1.38 bits per heavy atom. The minimum absolute atomic E-state index is 0.0480. The highest BCUT2D eigenvalue weighted by Gasteiger charge is 2.22. The molecule has 6 nitrogen and oxygen atoms in total. The Labute approximate surface area is 142 Å². The van der Waals surface area contributed by atoms with Crippen molar-refractivity contribution >= 4 is 6.03 Å². The van der Waals surface area contributed by atoms with Crippen LogP contribution in [0.3, 0.4) is 0 Å². The van der Waals surface area contributed by atoms with Crippen LogP contribution in [0.15, 0.2) is 43.0 Å². The zero-order valence-corrected chi connectivity index (χ0v) is 13.8. The van der Waals surface area contributed by atoms with Gasteiger partial charge in [0.1, 0.15) is 0 Å². The van der Waals surface area contributed by atoms with E-state index >= 15 is 0 Å². The number of rotatable bonds is 5. The number of urea groups is 1. The predicted molar refractivity (Wildman–Crippen MR) is 91.4 cm³/mol. The van der Waals surface area contributed by atoms with Gasteiger partial charge in [0, 0.05) is 45.2 Å². The van der Waals surface area contributed by atoms with Crippen LogP contribution in [-0.4, -0.2) is 45.3 Å². The van der Waals surface area contributed by atoms with Gasteiger partial charge in [-0.05, 0) is 29.9 Å². The van der Waals surface area contributed by atoms with Crippen LogP contribution < -0.4 is 5.32 Å². The van der Waals surface area contributed by atoms with Gasteiger partial charge >= 0.3 is 6.03 Å². The van der Waals surface area contributed by atoms with Crippen molar-refractivity contribution in [2.45, 2.75) is 25.9 Å². The quantitative estimate of drug-likeness (QED) is 0.880. The second kappa shape index (κ2) is 7.97. The molecule has 2 amide bonds. The highest BCUT2D eigenvalue weighted by Crippen LogP contribution is 2.16. The Hall–Kier alpha value is -2.34. The summed E-state index contributed by atoms with van der Waals surface area (Å²) >= 11 is 0. The van der Waals surface area contributed by atoms with Crippen LogP contribution in [0.5, 0.6) is 0 Å². The van der Waals surface area contributed by atoms with Gasteiger partial charge in [0.15, 0.2) is 0 Å². The number of aliphatic hydroxyl groups is 1. The van der Waals surface area contributed by atoms with Gasteiger partial charge in [0.25, 0.3) is 0 Å². The van der Waals surface area contributed by atoms with E-state index in [-0.39, 0.29) is 18.6 Å². The number of aliphatic hydroxyl groups excluding tert-OH is 1. The van der Waals surface area contributed by atoms with E-state index in [1.54, 1.807) is 17.4 Å². The Kier molecular flexibility index (Phi) is 5.48. The van der Waals surface area contributed by atoms with E-state index < -0.39 is 0 Å². The van der Waals surface area contributed by atoms with Crippen LogP contribution >= 0.6 is 0 Å². The molecule has 1 saturated heterocycles. The number of benzene rings is 1. The highest BCUT2D eigenvalue weighted by atomic mass is 16.3. The fraction of sp³-hybridized carbons (Fsp3) is 0.444. The molecule has 2 heterocycles. The molecular weight excluding hydrogens is 304 g/mol. The summed E-state index contributed by atoms with van der Waals surface area (Å²) in [5.74, 6) is 0.211. The smallest absolute Gasteiger partial charge is 0.317 e. The van der Waals surface area contributed by atoms with E-state index in [2.05, 4.69) is 22.4 Å². The minimum atomic E-state index is -0.0480. The Balaban J connectivity index is 1.53. The Morgan fingerprint density at radius 3 is 3.04 bits per heavy atom. The van der Waals surface area contributed by atoms with Crippen molar-refractivity contribution in [3.63, 3.8) is 0 Å². The number of aromatic nitrogens is 2. The molecule has 6 heteroatoms.